The minimum atomic E-state index is 0.00388. The molecule has 29 heavy (non-hydrogen) atoms. The number of nitrogens with two attached hydrogens (primary N) is 2. The smallest absolute Gasteiger partial charge is 0.245 e. The molecule has 156 valence electrons. The van der Waals surface area contributed by atoms with Gasteiger partial charge in [0.25, 0.3) is 0 Å². The van der Waals surface area contributed by atoms with Gasteiger partial charge in [-0.25, -0.2) is 4.99 Å². The van der Waals surface area contributed by atoms with Crippen LogP contribution in [0.15, 0.2) is 48.0 Å². The van der Waals surface area contributed by atoms with E-state index in [-0.39, 0.29) is 18.6 Å². The van der Waals surface area contributed by atoms with Gasteiger partial charge in [0.2, 0.25) is 5.90 Å². The number of benzene rings is 2. The third-order valence-corrected chi connectivity index (χ3v) is 4.57. The number of aliphatic hydroxyl groups excluding tert-OH is 1. The van der Waals surface area contributed by atoms with E-state index in [1.54, 1.807) is 18.2 Å². The average molecular weight is 418 g/mol. The first-order chi connectivity index (χ1) is 13.9. The van der Waals surface area contributed by atoms with E-state index in [9.17, 15) is 5.11 Å². The van der Waals surface area contributed by atoms with Gasteiger partial charge in [0.1, 0.15) is 5.75 Å². The Bertz CT molecular complexity index is 882. The molecule has 0 atom stereocenters. The van der Waals surface area contributed by atoms with Gasteiger partial charge in [-0.05, 0) is 56.0 Å². The van der Waals surface area contributed by atoms with Crippen LogP contribution in [-0.4, -0.2) is 23.7 Å². The Kier molecular flexibility index (Phi) is 8.67. The molecule has 0 aliphatic carbocycles. The predicted molar refractivity (Wildman–Crippen MR) is 118 cm³/mol. The lowest BCUT2D eigenvalue weighted by Gasteiger charge is -2.15. The van der Waals surface area contributed by atoms with Crippen LogP contribution in [0.3, 0.4) is 0 Å². The Morgan fingerprint density at radius 3 is 2.62 bits per heavy atom. The van der Waals surface area contributed by atoms with Gasteiger partial charge in [0, 0.05) is 24.3 Å². The number of nitrogens with zero attached hydrogens (tertiary/aromatic N) is 1. The van der Waals surface area contributed by atoms with E-state index in [0.717, 1.165) is 16.7 Å². The van der Waals surface area contributed by atoms with Gasteiger partial charge in [-0.2, -0.15) is 5.90 Å². The normalized spacial score (nSPS) is 11.6. The van der Waals surface area contributed by atoms with Gasteiger partial charge in [0.05, 0.1) is 16.8 Å². The summed E-state index contributed by atoms with van der Waals surface area (Å²) in [6, 6.07) is 11.0. The summed E-state index contributed by atoms with van der Waals surface area (Å²) in [5.74, 6) is 6.23. The number of hydrogen-bond acceptors (Lipinski definition) is 6. The van der Waals surface area contributed by atoms with Gasteiger partial charge < -0.3 is 20.4 Å². The zero-order chi connectivity index (χ0) is 21.4. The molecule has 0 heterocycles. The molecule has 2 rings (SSSR count). The van der Waals surface area contributed by atoms with Crippen molar-refractivity contribution in [2.24, 2.45) is 16.6 Å². The van der Waals surface area contributed by atoms with Gasteiger partial charge >= 0.3 is 0 Å². The van der Waals surface area contributed by atoms with E-state index in [1.165, 1.54) is 0 Å². The fourth-order valence-corrected chi connectivity index (χ4v) is 3.20. The summed E-state index contributed by atoms with van der Waals surface area (Å²) in [6.45, 7) is 8.41. The van der Waals surface area contributed by atoms with Crippen LogP contribution < -0.4 is 16.4 Å². The predicted octanol–water partition coefficient (Wildman–Crippen LogP) is 3.82. The molecule has 0 spiro atoms. The third-order valence-electron chi connectivity index (χ3n) is 4.28. The lowest BCUT2D eigenvalue weighted by Crippen LogP contribution is -2.13. The van der Waals surface area contributed by atoms with Gasteiger partial charge in [0.15, 0.2) is 0 Å². The standard InChI is InChI=1S/C22H28ClN3O3/c1-14(2)28-21-10-9-16(12-20(21)23)22(29-25)26-15(3)18-7-4-6-17(13-24)19(18)8-5-11-27/h4,6-7,9-10,12,14,27H,3,5,8,11,13,24-25H2,1-2H3. The minimum Gasteiger partial charge on any atom is -0.489 e. The summed E-state index contributed by atoms with van der Waals surface area (Å²) in [5.41, 5.74) is 9.78. The molecule has 0 bridgehead atoms. The van der Waals surface area contributed by atoms with Crippen LogP contribution in [0.25, 0.3) is 5.70 Å². The highest BCUT2D eigenvalue weighted by Gasteiger charge is 2.14. The Hall–Kier alpha value is -2.38. The van der Waals surface area contributed by atoms with E-state index in [2.05, 4.69) is 11.6 Å². The summed E-state index contributed by atoms with van der Waals surface area (Å²) >= 11 is 6.31. The summed E-state index contributed by atoms with van der Waals surface area (Å²) in [4.78, 5) is 9.49. The first kappa shape index (κ1) is 22.9. The minimum absolute atomic E-state index is 0.00388. The fourth-order valence-electron chi connectivity index (χ4n) is 2.97. The number of aliphatic imine (C=N–C) groups is 1. The van der Waals surface area contributed by atoms with Crippen molar-refractivity contribution >= 4 is 23.2 Å². The molecule has 0 fully saturated rings. The second-order valence-electron chi connectivity index (χ2n) is 6.77. The second kappa shape index (κ2) is 11.0. The molecule has 2 aromatic carbocycles. The van der Waals surface area contributed by atoms with Crippen LogP contribution in [0.1, 0.15) is 42.5 Å². The maximum absolute atomic E-state index is 9.22. The summed E-state index contributed by atoms with van der Waals surface area (Å²) < 4.78 is 5.65. The molecule has 6 nitrogen and oxygen atoms in total. The maximum Gasteiger partial charge on any atom is 0.245 e. The van der Waals surface area contributed by atoms with Gasteiger partial charge in [-0.1, -0.05) is 36.4 Å². The van der Waals surface area contributed by atoms with Gasteiger partial charge in [-0.15, -0.1) is 0 Å². The molecule has 0 amide bonds. The first-order valence-electron chi connectivity index (χ1n) is 9.44. The molecule has 7 heteroatoms. The lowest BCUT2D eigenvalue weighted by atomic mass is 9.95. The van der Waals surface area contributed by atoms with E-state index in [4.69, 9.17) is 32.8 Å². The monoisotopic (exact) mass is 417 g/mol. The van der Waals surface area contributed by atoms with Crippen LogP contribution in [0.4, 0.5) is 0 Å². The van der Waals surface area contributed by atoms with E-state index >= 15 is 0 Å². The second-order valence-corrected chi connectivity index (χ2v) is 7.18. The number of rotatable bonds is 9. The molecule has 2 aromatic rings. The first-order valence-corrected chi connectivity index (χ1v) is 9.82. The summed E-state index contributed by atoms with van der Waals surface area (Å²) in [5, 5.41) is 9.65. The van der Waals surface area contributed by atoms with Crippen molar-refractivity contribution in [1.29, 1.82) is 0 Å². The topological polar surface area (TPSA) is 103 Å². The van der Waals surface area contributed by atoms with Crippen LogP contribution in [0.2, 0.25) is 5.02 Å². The quantitative estimate of drug-likeness (QED) is 0.327. The number of aliphatic hydroxyl groups is 1. The van der Waals surface area contributed by atoms with Crippen molar-refractivity contribution in [2.75, 3.05) is 6.61 Å². The van der Waals surface area contributed by atoms with Crippen molar-refractivity contribution in [1.82, 2.24) is 0 Å². The summed E-state index contributed by atoms with van der Waals surface area (Å²) in [7, 11) is 0. The number of hydrogen-bond donors (Lipinski definition) is 3. The van der Waals surface area contributed by atoms with Crippen LogP contribution in [0, 0.1) is 0 Å². The molecule has 0 aromatic heterocycles. The Morgan fingerprint density at radius 1 is 1.28 bits per heavy atom. The zero-order valence-electron chi connectivity index (χ0n) is 16.8. The van der Waals surface area contributed by atoms with Crippen LogP contribution >= 0.6 is 11.6 Å². The molecule has 0 aliphatic rings. The van der Waals surface area contributed by atoms with Crippen molar-refractivity contribution in [3.63, 3.8) is 0 Å². The molecular formula is C22H28ClN3O3. The summed E-state index contributed by atoms with van der Waals surface area (Å²) in [6.07, 6.45) is 1.29. The number of ether oxygens (including phenoxy) is 1. The molecular weight excluding hydrogens is 390 g/mol. The Labute approximate surface area is 176 Å². The fraction of sp³-hybridized carbons (Fsp3) is 0.318. The SMILES string of the molecule is C=C(N=C(ON)c1ccc(OC(C)C)c(Cl)c1)c1cccc(CN)c1CCCO. The molecule has 0 aliphatic heterocycles. The highest BCUT2D eigenvalue weighted by molar-refractivity contribution is 6.32. The molecule has 0 unspecified atom stereocenters. The van der Waals surface area contributed by atoms with Crippen molar-refractivity contribution in [3.8, 4) is 5.75 Å². The lowest BCUT2D eigenvalue weighted by molar-refractivity contribution is 0.242. The van der Waals surface area contributed by atoms with E-state index < -0.39 is 0 Å². The molecule has 0 saturated heterocycles. The van der Waals surface area contributed by atoms with Crippen LogP contribution in [0.5, 0.6) is 5.75 Å². The van der Waals surface area contributed by atoms with Gasteiger partial charge in [-0.3, -0.25) is 0 Å². The zero-order valence-corrected chi connectivity index (χ0v) is 17.6. The average Bonchev–Trinajstić information content (AvgIpc) is 2.71. The van der Waals surface area contributed by atoms with Crippen LogP contribution in [-0.2, 0) is 17.8 Å². The highest BCUT2D eigenvalue weighted by Crippen LogP contribution is 2.28. The maximum atomic E-state index is 9.22. The Morgan fingerprint density at radius 2 is 2.03 bits per heavy atom. The molecule has 0 radical (unpaired) electrons. The van der Waals surface area contributed by atoms with Crippen molar-refractivity contribution in [3.05, 3.63) is 70.3 Å². The largest absolute Gasteiger partial charge is 0.489 e. The molecule has 0 saturated carbocycles. The number of halogens is 1. The Balaban J connectivity index is 2.39. The van der Waals surface area contributed by atoms with Crippen molar-refractivity contribution in [2.45, 2.75) is 39.3 Å². The highest BCUT2D eigenvalue weighted by atomic mass is 35.5. The van der Waals surface area contributed by atoms with E-state index in [1.807, 2.05) is 32.0 Å². The third kappa shape index (κ3) is 6.05. The van der Waals surface area contributed by atoms with Crippen molar-refractivity contribution < 1.29 is 14.7 Å². The van der Waals surface area contributed by atoms with E-state index in [0.29, 0.717) is 41.4 Å². The molecule has 5 N–H and O–H groups in total.